The van der Waals surface area contributed by atoms with Crippen molar-refractivity contribution in [3.8, 4) is 0 Å². The third-order valence-electron chi connectivity index (χ3n) is 5.59. The first-order valence-electron chi connectivity index (χ1n) is 13.4. The quantitative estimate of drug-likeness (QED) is 0.0803. The van der Waals surface area contributed by atoms with Crippen molar-refractivity contribution in [2.24, 2.45) is 10.2 Å². The summed E-state index contributed by atoms with van der Waals surface area (Å²) >= 11 is 0. The Morgan fingerprint density at radius 1 is 0.500 bits per heavy atom. The number of nitrogens with zero attached hydrogens (tertiary/aromatic N) is 2. The number of hydrazone groups is 2. The highest BCUT2D eigenvalue weighted by molar-refractivity contribution is 6.35. The van der Waals surface area contributed by atoms with Crippen LogP contribution in [0.25, 0.3) is 0 Å². The number of amides is 2. The SMILES string of the molecule is CCCCCCCCCCC/C=N\NC(=O)C(=O)N/N=C\CCCCCCCCCCC. The topological polar surface area (TPSA) is 82.9 Å². The second-order valence-electron chi connectivity index (χ2n) is 8.74. The summed E-state index contributed by atoms with van der Waals surface area (Å²) in [6, 6.07) is 0. The van der Waals surface area contributed by atoms with Gasteiger partial charge in [0.2, 0.25) is 0 Å². The first-order chi connectivity index (χ1) is 15.7. The Balaban J connectivity index is 3.49. The molecule has 2 amide bonds. The third-order valence-corrected chi connectivity index (χ3v) is 5.59. The Hall–Kier alpha value is -1.72. The Morgan fingerprint density at radius 3 is 1.09 bits per heavy atom. The fourth-order valence-corrected chi connectivity index (χ4v) is 3.53. The van der Waals surface area contributed by atoms with Gasteiger partial charge in [-0.1, -0.05) is 117 Å². The van der Waals surface area contributed by atoms with E-state index in [1.54, 1.807) is 12.4 Å². The zero-order valence-corrected chi connectivity index (χ0v) is 21.0. The number of rotatable bonds is 22. The molecule has 0 saturated heterocycles. The van der Waals surface area contributed by atoms with E-state index in [2.05, 4.69) is 34.9 Å². The molecule has 0 radical (unpaired) electrons. The highest BCUT2D eigenvalue weighted by Gasteiger charge is 2.10. The lowest BCUT2D eigenvalue weighted by Crippen LogP contribution is -2.35. The molecule has 0 aliphatic carbocycles. The molecule has 0 aliphatic heterocycles. The van der Waals surface area contributed by atoms with Gasteiger partial charge in [-0.3, -0.25) is 9.59 Å². The van der Waals surface area contributed by atoms with Crippen molar-refractivity contribution in [3.63, 3.8) is 0 Å². The van der Waals surface area contributed by atoms with Crippen LogP contribution < -0.4 is 10.9 Å². The predicted molar refractivity (Wildman–Crippen MR) is 137 cm³/mol. The number of carbonyl (C=O) groups is 2. The van der Waals surface area contributed by atoms with E-state index in [1.807, 2.05) is 0 Å². The predicted octanol–water partition coefficient (Wildman–Crippen LogP) is 7.03. The smallest absolute Gasteiger partial charge is 0.262 e. The van der Waals surface area contributed by atoms with Crippen LogP contribution in [0.5, 0.6) is 0 Å². The summed E-state index contributed by atoms with van der Waals surface area (Å²) < 4.78 is 0. The van der Waals surface area contributed by atoms with E-state index in [9.17, 15) is 9.59 Å². The lowest BCUT2D eigenvalue weighted by Gasteiger charge is -2.01. The number of hydrogen-bond acceptors (Lipinski definition) is 4. The number of nitrogens with one attached hydrogen (secondary N) is 2. The maximum Gasteiger partial charge on any atom is 0.331 e. The Labute approximate surface area is 197 Å². The van der Waals surface area contributed by atoms with Crippen molar-refractivity contribution >= 4 is 24.2 Å². The molecule has 0 atom stereocenters. The summed E-state index contributed by atoms with van der Waals surface area (Å²) in [4.78, 5) is 23.3. The molecule has 0 heterocycles. The standard InChI is InChI=1S/C26H50N4O2/c1-3-5-7-9-11-13-15-17-19-21-23-27-29-25(31)26(32)30-28-24-22-20-18-16-14-12-10-8-6-4-2/h23-24H,3-22H2,1-2H3,(H,29,31)(H,30,32)/b27-23-,28-24-. The molecule has 0 fully saturated rings. The van der Waals surface area contributed by atoms with Gasteiger partial charge in [0.25, 0.3) is 0 Å². The van der Waals surface area contributed by atoms with Crippen LogP contribution in [0.2, 0.25) is 0 Å². The highest BCUT2D eigenvalue weighted by atomic mass is 16.2. The van der Waals surface area contributed by atoms with Gasteiger partial charge in [-0.25, -0.2) is 10.9 Å². The first-order valence-corrected chi connectivity index (χ1v) is 13.4. The van der Waals surface area contributed by atoms with Crippen LogP contribution in [0.15, 0.2) is 10.2 Å². The molecule has 0 spiro atoms. The average molecular weight is 451 g/mol. The van der Waals surface area contributed by atoms with E-state index >= 15 is 0 Å². The molecule has 2 N–H and O–H groups in total. The summed E-state index contributed by atoms with van der Waals surface area (Å²) in [6.45, 7) is 4.48. The van der Waals surface area contributed by atoms with Gasteiger partial charge < -0.3 is 0 Å². The molecule has 6 heteroatoms. The molecular formula is C26H50N4O2. The summed E-state index contributed by atoms with van der Waals surface area (Å²) in [7, 11) is 0. The molecule has 186 valence electrons. The molecule has 32 heavy (non-hydrogen) atoms. The van der Waals surface area contributed by atoms with Crippen LogP contribution in [-0.4, -0.2) is 24.2 Å². The van der Waals surface area contributed by atoms with Gasteiger partial charge in [0.1, 0.15) is 0 Å². The lowest BCUT2D eigenvalue weighted by atomic mass is 10.1. The van der Waals surface area contributed by atoms with E-state index in [0.29, 0.717) is 0 Å². The van der Waals surface area contributed by atoms with Gasteiger partial charge >= 0.3 is 11.8 Å². The molecule has 0 aromatic carbocycles. The van der Waals surface area contributed by atoms with Gasteiger partial charge in [0, 0.05) is 12.4 Å². The van der Waals surface area contributed by atoms with Crippen molar-refractivity contribution in [3.05, 3.63) is 0 Å². The van der Waals surface area contributed by atoms with E-state index in [1.165, 1.54) is 103 Å². The van der Waals surface area contributed by atoms with Crippen LogP contribution in [-0.2, 0) is 9.59 Å². The van der Waals surface area contributed by atoms with Crippen molar-refractivity contribution in [2.45, 2.75) is 142 Å². The minimum absolute atomic E-state index is 0.784. The Kier molecular flexibility index (Phi) is 24.2. The maximum absolute atomic E-state index is 11.6. The number of hydrogen-bond donors (Lipinski definition) is 2. The zero-order chi connectivity index (χ0) is 23.5. The van der Waals surface area contributed by atoms with Crippen molar-refractivity contribution in [1.82, 2.24) is 10.9 Å². The van der Waals surface area contributed by atoms with Crippen LogP contribution in [0.4, 0.5) is 0 Å². The fraction of sp³-hybridized carbons (Fsp3) is 0.846. The van der Waals surface area contributed by atoms with Gasteiger partial charge in [-0.2, -0.15) is 10.2 Å². The summed E-state index contributed by atoms with van der Waals surface area (Å²) in [5, 5.41) is 7.66. The molecule has 6 nitrogen and oxygen atoms in total. The summed E-state index contributed by atoms with van der Waals surface area (Å²) in [6.07, 6.45) is 28.0. The first kappa shape index (κ1) is 30.3. The van der Waals surface area contributed by atoms with Crippen molar-refractivity contribution < 1.29 is 9.59 Å². The van der Waals surface area contributed by atoms with Crippen LogP contribution in [0, 0.1) is 0 Å². The van der Waals surface area contributed by atoms with E-state index in [0.717, 1.165) is 25.7 Å². The molecule has 0 aliphatic rings. The Morgan fingerprint density at radius 2 is 0.781 bits per heavy atom. The summed E-state index contributed by atoms with van der Waals surface area (Å²) in [5.41, 5.74) is 4.50. The lowest BCUT2D eigenvalue weighted by molar-refractivity contribution is -0.139. The molecule has 0 saturated carbocycles. The van der Waals surface area contributed by atoms with Crippen LogP contribution >= 0.6 is 0 Å². The minimum atomic E-state index is -0.784. The molecule has 0 aromatic rings. The second-order valence-corrected chi connectivity index (χ2v) is 8.74. The van der Waals surface area contributed by atoms with Crippen molar-refractivity contribution in [2.75, 3.05) is 0 Å². The van der Waals surface area contributed by atoms with E-state index in [-0.39, 0.29) is 0 Å². The normalized spacial score (nSPS) is 11.4. The van der Waals surface area contributed by atoms with Gasteiger partial charge in [-0.05, 0) is 25.7 Å². The molecule has 0 aromatic heterocycles. The highest BCUT2D eigenvalue weighted by Crippen LogP contribution is 2.11. The number of unbranched alkanes of at least 4 members (excludes halogenated alkanes) is 18. The van der Waals surface area contributed by atoms with Crippen molar-refractivity contribution in [1.29, 1.82) is 0 Å². The molecule has 0 rings (SSSR count). The summed E-state index contributed by atoms with van der Waals surface area (Å²) in [5.74, 6) is -1.57. The second kappa shape index (κ2) is 25.5. The average Bonchev–Trinajstić information content (AvgIpc) is 2.80. The van der Waals surface area contributed by atoms with Gasteiger partial charge in [-0.15, -0.1) is 0 Å². The monoisotopic (exact) mass is 450 g/mol. The van der Waals surface area contributed by atoms with E-state index in [4.69, 9.17) is 0 Å². The minimum Gasteiger partial charge on any atom is -0.262 e. The van der Waals surface area contributed by atoms with Gasteiger partial charge in [0.05, 0.1) is 0 Å². The fourth-order valence-electron chi connectivity index (χ4n) is 3.53. The van der Waals surface area contributed by atoms with Gasteiger partial charge in [0.15, 0.2) is 0 Å². The maximum atomic E-state index is 11.6. The van der Waals surface area contributed by atoms with Crippen LogP contribution in [0.3, 0.4) is 0 Å². The number of carbonyl (C=O) groups excluding carboxylic acids is 2. The molecule has 0 bridgehead atoms. The molecule has 0 unspecified atom stereocenters. The largest absolute Gasteiger partial charge is 0.331 e. The zero-order valence-electron chi connectivity index (χ0n) is 21.0. The Bertz CT molecular complexity index is 448. The molecular weight excluding hydrogens is 400 g/mol. The third kappa shape index (κ3) is 23.0. The van der Waals surface area contributed by atoms with Crippen LogP contribution in [0.1, 0.15) is 142 Å². The van der Waals surface area contributed by atoms with E-state index < -0.39 is 11.8 Å².